The second-order valence-corrected chi connectivity index (χ2v) is 4.99. The summed E-state index contributed by atoms with van der Waals surface area (Å²) in [5.74, 6) is -0.192. The summed E-state index contributed by atoms with van der Waals surface area (Å²) >= 11 is 0. The minimum absolute atomic E-state index is 0.0348. The van der Waals surface area contributed by atoms with E-state index >= 15 is 0 Å². The maximum Gasteiger partial charge on any atom is 0.321 e. The molecule has 1 saturated heterocycles. The minimum atomic E-state index is -0.218. The highest BCUT2D eigenvalue weighted by atomic mass is 16.3. The van der Waals surface area contributed by atoms with Gasteiger partial charge in [-0.1, -0.05) is 12.1 Å². The zero-order chi connectivity index (χ0) is 15.9. The van der Waals surface area contributed by atoms with Crippen molar-refractivity contribution in [2.24, 2.45) is 0 Å². The zero-order valence-electron chi connectivity index (χ0n) is 12.2. The summed E-state index contributed by atoms with van der Waals surface area (Å²) in [6.45, 7) is 1.73. The molecule has 0 saturated carbocycles. The van der Waals surface area contributed by atoms with Crippen molar-refractivity contribution in [3.05, 3.63) is 29.8 Å². The van der Waals surface area contributed by atoms with Gasteiger partial charge in [-0.05, 0) is 17.7 Å². The van der Waals surface area contributed by atoms with Crippen LogP contribution < -0.4 is 5.32 Å². The van der Waals surface area contributed by atoms with E-state index in [1.807, 2.05) is 6.07 Å². The van der Waals surface area contributed by atoms with E-state index in [-0.39, 0.29) is 25.0 Å². The van der Waals surface area contributed by atoms with Crippen LogP contribution in [-0.2, 0) is 11.4 Å². The SMILES string of the molecule is N#CCC(=O)N1CCN(C(=O)Nc2ccc(CO)cc2)CC1. The summed E-state index contributed by atoms with van der Waals surface area (Å²) in [6.07, 6.45) is -0.122. The van der Waals surface area contributed by atoms with Gasteiger partial charge in [-0.25, -0.2) is 4.79 Å². The summed E-state index contributed by atoms with van der Waals surface area (Å²) in [6, 6.07) is 8.57. The minimum Gasteiger partial charge on any atom is -0.392 e. The Morgan fingerprint density at radius 3 is 2.27 bits per heavy atom. The molecule has 0 spiro atoms. The van der Waals surface area contributed by atoms with Gasteiger partial charge in [-0.15, -0.1) is 0 Å². The van der Waals surface area contributed by atoms with E-state index in [0.717, 1.165) is 5.56 Å². The fourth-order valence-electron chi connectivity index (χ4n) is 2.23. The zero-order valence-corrected chi connectivity index (χ0v) is 12.2. The lowest BCUT2D eigenvalue weighted by molar-refractivity contribution is -0.131. The van der Waals surface area contributed by atoms with Gasteiger partial charge in [-0.2, -0.15) is 5.26 Å². The van der Waals surface area contributed by atoms with Crippen LogP contribution in [0.2, 0.25) is 0 Å². The van der Waals surface area contributed by atoms with Gasteiger partial charge in [0, 0.05) is 31.9 Å². The number of aliphatic hydroxyl groups excluding tert-OH is 1. The van der Waals surface area contributed by atoms with Crippen LogP contribution in [0, 0.1) is 11.3 Å². The van der Waals surface area contributed by atoms with E-state index in [1.54, 1.807) is 34.1 Å². The summed E-state index contributed by atoms with van der Waals surface area (Å²) in [4.78, 5) is 27.0. The standard InChI is InChI=1S/C15H18N4O3/c16-6-5-14(21)18-7-9-19(10-8-18)15(22)17-13-3-1-12(11-20)2-4-13/h1-4,20H,5,7-11H2,(H,17,22). The monoisotopic (exact) mass is 302 g/mol. The summed E-state index contributed by atoms with van der Waals surface area (Å²) in [5, 5.41) is 20.3. The van der Waals surface area contributed by atoms with Gasteiger partial charge in [0.1, 0.15) is 6.42 Å². The van der Waals surface area contributed by atoms with E-state index in [0.29, 0.717) is 31.9 Å². The van der Waals surface area contributed by atoms with Gasteiger partial charge in [0.05, 0.1) is 12.7 Å². The molecule has 0 atom stereocenters. The highest BCUT2D eigenvalue weighted by Crippen LogP contribution is 2.11. The van der Waals surface area contributed by atoms with Crippen LogP contribution >= 0.6 is 0 Å². The Kier molecular flexibility index (Phi) is 5.33. The molecular weight excluding hydrogens is 284 g/mol. The number of amides is 3. The number of anilines is 1. The van der Waals surface area contributed by atoms with E-state index in [1.165, 1.54) is 0 Å². The molecule has 0 aromatic heterocycles. The highest BCUT2D eigenvalue weighted by molar-refractivity contribution is 5.89. The van der Waals surface area contributed by atoms with Crippen molar-refractivity contribution in [2.45, 2.75) is 13.0 Å². The number of hydrogen-bond donors (Lipinski definition) is 2. The lowest BCUT2D eigenvalue weighted by atomic mass is 10.2. The first-order valence-corrected chi connectivity index (χ1v) is 7.04. The molecule has 116 valence electrons. The molecule has 7 heteroatoms. The lowest BCUT2D eigenvalue weighted by Gasteiger charge is -2.34. The summed E-state index contributed by atoms with van der Waals surface area (Å²) in [7, 11) is 0. The number of benzene rings is 1. The number of nitrogens with zero attached hydrogens (tertiary/aromatic N) is 3. The van der Waals surface area contributed by atoms with Crippen LogP contribution in [0.3, 0.4) is 0 Å². The Balaban J connectivity index is 1.84. The third kappa shape index (κ3) is 3.96. The number of nitrogens with one attached hydrogen (secondary N) is 1. The highest BCUT2D eigenvalue weighted by Gasteiger charge is 2.23. The number of aliphatic hydroxyl groups is 1. The first-order valence-electron chi connectivity index (χ1n) is 7.04. The van der Waals surface area contributed by atoms with Crippen LogP contribution in [-0.4, -0.2) is 53.0 Å². The molecule has 3 amide bonds. The molecule has 1 aromatic carbocycles. The summed E-state index contributed by atoms with van der Waals surface area (Å²) in [5.41, 5.74) is 1.44. The maximum atomic E-state index is 12.1. The third-order valence-electron chi connectivity index (χ3n) is 3.54. The Morgan fingerprint density at radius 2 is 1.73 bits per heavy atom. The van der Waals surface area contributed by atoms with Crippen LogP contribution in [0.1, 0.15) is 12.0 Å². The molecule has 0 aliphatic carbocycles. The van der Waals surface area contributed by atoms with Gasteiger partial charge >= 0.3 is 6.03 Å². The fourth-order valence-corrected chi connectivity index (χ4v) is 2.23. The number of urea groups is 1. The molecule has 1 aromatic rings. The molecule has 0 unspecified atom stereocenters. The lowest BCUT2D eigenvalue weighted by Crippen LogP contribution is -2.51. The average molecular weight is 302 g/mol. The van der Waals surface area contributed by atoms with Crippen molar-refractivity contribution in [3.63, 3.8) is 0 Å². The maximum absolute atomic E-state index is 12.1. The van der Waals surface area contributed by atoms with Crippen molar-refractivity contribution in [3.8, 4) is 6.07 Å². The number of hydrogen-bond acceptors (Lipinski definition) is 4. The topological polar surface area (TPSA) is 96.7 Å². The molecular formula is C15H18N4O3. The molecule has 2 rings (SSSR count). The Labute approximate surface area is 128 Å². The first kappa shape index (κ1) is 15.8. The molecule has 1 aliphatic heterocycles. The Morgan fingerprint density at radius 1 is 1.14 bits per heavy atom. The molecule has 2 N–H and O–H groups in total. The number of carbonyl (C=O) groups excluding carboxylic acids is 2. The smallest absolute Gasteiger partial charge is 0.321 e. The van der Waals surface area contributed by atoms with E-state index in [9.17, 15) is 9.59 Å². The predicted molar refractivity (Wildman–Crippen MR) is 79.8 cm³/mol. The van der Waals surface area contributed by atoms with E-state index < -0.39 is 0 Å². The van der Waals surface area contributed by atoms with Crippen molar-refractivity contribution < 1.29 is 14.7 Å². The van der Waals surface area contributed by atoms with E-state index in [2.05, 4.69) is 5.32 Å². The van der Waals surface area contributed by atoms with Crippen LogP contribution in [0.5, 0.6) is 0 Å². The van der Waals surface area contributed by atoms with Crippen LogP contribution in [0.15, 0.2) is 24.3 Å². The third-order valence-corrected chi connectivity index (χ3v) is 3.54. The number of carbonyl (C=O) groups is 2. The number of piperazine rings is 1. The number of nitriles is 1. The van der Waals surface area contributed by atoms with Gasteiger partial charge in [0.2, 0.25) is 5.91 Å². The first-order chi connectivity index (χ1) is 10.6. The largest absolute Gasteiger partial charge is 0.392 e. The van der Waals surface area contributed by atoms with Gasteiger partial charge in [0.25, 0.3) is 0 Å². The Bertz CT molecular complexity index is 571. The van der Waals surface area contributed by atoms with Crippen molar-refractivity contribution >= 4 is 17.6 Å². The van der Waals surface area contributed by atoms with Crippen molar-refractivity contribution in [2.75, 3.05) is 31.5 Å². The predicted octanol–water partition coefficient (Wildman–Crippen LogP) is 0.769. The fraction of sp³-hybridized carbons (Fsp3) is 0.400. The van der Waals surface area contributed by atoms with Crippen LogP contribution in [0.25, 0.3) is 0 Å². The molecule has 1 fully saturated rings. The molecule has 0 radical (unpaired) electrons. The van der Waals surface area contributed by atoms with Crippen LogP contribution in [0.4, 0.5) is 10.5 Å². The average Bonchev–Trinajstić information content (AvgIpc) is 2.56. The Hall–Kier alpha value is -2.59. The number of rotatable bonds is 3. The second-order valence-electron chi connectivity index (χ2n) is 4.99. The van der Waals surface area contributed by atoms with Gasteiger partial charge in [0.15, 0.2) is 0 Å². The van der Waals surface area contributed by atoms with Crippen molar-refractivity contribution in [1.82, 2.24) is 9.80 Å². The summed E-state index contributed by atoms with van der Waals surface area (Å²) < 4.78 is 0. The van der Waals surface area contributed by atoms with E-state index in [4.69, 9.17) is 10.4 Å². The quantitative estimate of drug-likeness (QED) is 0.862. The molecule has 1 aliphatic rings. The van der Waals surface area contributed by atoms with Gasteiger partial charge < -0.3 is 20.2 Å². The second kappa shape index (κ2) is 7.43. The molecule has 0 bridgehead atoms. The molecule has 7 nitrogen and oxygen atoms in total. The molecule has 1 heterocycles. The normalized spacial score (nSPS) is 14.4. The molecule has 22 heavy (non-hydrogen) atoms. The van der Waals surface area contributed by atoms with Crippen molar-refractivity contribution in [1.29, 1.82) is 5.26 Å². The van der Waals surface area contributed by atoms with Gasteiger partial charge in [-0.3, -0.25) is 4.79 Å².